The van der Waals surface area contributed by atoms with Gasteiger partial charge in [0.15, 0.2) is 0 Å². The SMILES string of the molecule is CCCCCCCCCCCCCCCCCCOC(=O)c1cc(C(C)(C)C)c(O)cc1CCC(C)C(C)(C)C. The average Bonchev–Trinajstić information content (AvgIpc) is 2.87. The van der Waals surface area contributed by atoms with Crippen LogP contribution in [0.1, 0.15) is 186 Å². The molecule has 0 aliphatic carbocycles. The van der Waals surface area contributed by atoms with E-state index in [1.807, 2.05) is 6.07 Å². The van der Waals surface area contributed by atoms with E-state index in [0.29, 0.717) is 18.1 Å². The molecule has 0 heterocycles. The fraction of sp³-hybridized carbons (Fsp3) is 0.811. The van der Waals surface area contributed by atoms with Crippen molar-refractivity contribution in [2.75, 3.05) is 6.61 Å². The molecule has 3 heteroatoms. The molecule has 0 aliphatic rings. The standard InChI is InChI=1S/C37H66O3/c1-9-10-11-12-13-14-15-16-17-18-19-20-21-22-23-24-27-40-35(39)32-29-33(37(6,7)8)34(38)28-31(32)26-25-30(2)36(3,4)5/h28-30,38H,9-27H2,1-8H3. The molecule has 0 amide bonds. The minimum atomic E-state index is -0.246. The van der Waals surface area contributed by atoms with Crippen LogP contribution in [-0.2, 0) is 16.6 Å². The molecule has 1 aromatic carbocycles. The van der Waals surface area contributed by atoms with Gasteiger partial charge in [-0.1, -0.05) is 152 Å². The van der Waals surface area contributed by atoms with Gasteiger partial charge in [-0.15, -0.1) is 0 Å². The van der Waals surface area contributed by atoms with Gasteiger partial charge >= 0.3 is 5.97 Å². The Morgan fingerprint density at radius 1 is 0.750 bits per heavy atom. The summed E-state index contributed by atoms with van der Waals surface area (Å²) in [6, 6.07) is 3.68. The van der Waals surface area contributed by atoms with E-state index < -0.39 is 0 Å². The van der Waals surface area contributed by atoms with E-state index in [9.17, 15) is 9.90 Å². The Hall–Kier alpha value is -1.51. The zero-order valence-corrected chi connectivity index (χ0v) is 27.9. The first-order chi connectivity index (χ1) is 18.9. The lowest BCUT2D eigenvalue weighted by atomic mass is 9.78. The highest BCUT2D eigenvalue weighted by atomic mass is 16.5. The first kappa shape index (κ1) is 36.5. The van der Waals surface area contributed by atoms with Crippen LogP contribution in [0.4, 0.5) is 0 Å². The summed E-state index contributed by atoms with van der Waals surface area (Å²) in [6.45, 7) is 18.0. The minimum Gasteiger partial charge on any atom is -0.508 e. The van der Waals surface area contributed by atoms with Crippen LogP contribution in [0.25, 0.3) is 0 Å². The second-order valence-electron chi connectivity index (χ2n) is 14.5. The third-order valence-electron chi connectivity index (χ3n) is 8.81. The highest BCUT2D eigenvalue weighted by molar-refractivity contribution is 5.91. The molecule has 0 spiro atoms. The van der Waals surface area contributed by atoms with Crippen molar-refractivity contribution in [3.63, 3.8) is 0 Å². The van der Waals surface area contributed by atoms with Crippen molar-refractivity contribution in [3.8, 4) is 5.75 Å². The number of hydrogen-bond acceptors (Lipinski definition) is 3. The van der Waals surface area contributed by atoms with Gasteiger partial charge in [0, 0.05) is 5.56 Å². The normalized spacial score (nSPS) is 13.0. The van der Waals surface area contributed by atoms with E-state index in [2.05, 4.69) is 55.4 Å². The van der Waals surface area contributed by atoms with Gasteiger partial charge in [-0.3, -0.25) is 0 Å². The number of unbranched alkanes of at least 4 members (excludes halogenated alkanes) is 15. The minimum absolute atomic E-state index is 0.210. The maximum atomic E-state index is 13.2. The fourth-order valence-corrected chi connectivity index (χ4v) is 5.33. The summed E-state index contributed by atoms with van der Waals surface area (Å²) < 4.78 is 5.75. The van der Waals surface area contributed by atoms with Gasteiger partial charge in [-0.2, -0.15) is 0 Å². The average molecular weight is 559 g/mol. The molecule has 0 saturated heterocycles. The molecule has 232 valence electrons. The fourth-order valence-electron chi connectivity index (χ4n) is 5.33. The monoisotopic (exact) mass is 559 g/mol. The molecule has 1 rings (SSSR count). The van der Waals surface area contributed by atoms with E-state index in [-0.39, 0.29) is 22.5 Å². The molecule has 3 nitrogen and oxygen atoms in total. The molecule has 0 bridgehead atoms. The first-order valence-electron chi connectivity index (χ1n) is 16.9. The second kappa shape index (κ2) is 19.6. The number of phenols is 1. The van der Waals surface area contributed by atoms with Crippen LogP contribution in [0.15, 0.2) is 12.1 Å². The topological polar surface area (TPSA) is 46.5 Å². The summed E-state index contributed by atoms with van der Waals surface area (Å²) in [6.07, 6.45) is 23.0. The number of benzene rings is 1. The molecule has 0 aliphatic heterocycles. The maximum Gasteiger partial charge on any atom is 0.338 e. The van der Waals surface area contributed by atoms with E-state index in [1.165, 1.54) is 89.9 Å². The number of carbonyl (C=O) groups excluding carboxylic acids is 1. The van der Waals surface area contributed by atoms with Gasteiger partial charge in [-0.05, 0) is 53.7 Å². The van der Waals surface area contributed by atoms with Crippen LogP contribution >= 0.6 is 0 Å². The van der Waals surface area contributed by atoms with Gasteiger partial charge in [0.05, 0.1) is 12.2 Å². The summed E-state index contributed by atoms with van der Waals surface area (Å²) >= 11 is 0. The number of rotatable bonds is 21. The lowest BCUT2D eigenvalue weighted by Crippen LogP contribution is -2.19. The summed E-state index contributed by atoms with van der Waals surface area (Å²) in [5.41, 5.74) is 2.29. The number of phenolic OH excluding ortho intramolecular Hbond substituents is 1. The van der Waals surface area contributed by atoms with Gasteiger partial charge < -0.3 is 9.84 Å². The summed E-state index contributed by atoms with van der Waals surface area (Å²) in [7, 11) is 0. The van der Waals surface area contributed by atoms with Crippen LogP contribution in [0.2, 0.25) is 0 Å². The molecule has 1 unspecified atom stereocenters. The Labute approximate surface area is 249 Å². The zero-order valence-electron chi connectivity index (χ0n) is 27.9. The Bertz CT molecular complexity index is 812. The highest BCUT2D eigenvalue weighted by Crippen LogP contribution is 2.35. The van der Waals surface area contributed by atoms with E-state index in [4.69, 9.17) is 4.74 Å². The molecule has 0 radical (unpaired) electrons. The Morgan fingerprint density at radius 2 is 1.20 bits per heavy atom. The predicted molar refractivity (Wildman–Crippen MR) is 174 cm³/mol. The third-order valence-corrected chi connectivity index (χ3v) is 8.81. The molecule has 0 aromatic heterocycles. The summed E-state index contributed by atoms with van der Waals surface area (Å²) in [5, 5.41) is 10.7. The van der Waals surface area contributed by atoms with Gasteiger partial charge in [0.2, 0.25) is 0 Å². The molecule has 0 fully saturated rings. The largest absolute Gasteiger partial charge is 0.508 e. The van der Waals surface area contributed by atoms with Gasteiger partial charge in [0.1, 0.15) is 5.75 Å². The maximum absolute atomic E-state index is 13.2. The van der Waals surface area contributed by atoms with Crippen LogP contribution in [0.5, 0.6) is 5.75 Å². The molecular weight excluding hydrogens is 492 g/mol. The Balaban J connectivity index is 2.34. The number of hydrogen-bond donors (Lipinski definition) is 1. The quantitative estimate of drug-likeness (QED) is 0.120. The van der Waals surface area contributed by atoms with E-state index >= 15 is 0 Å². The smallest absolute Gasteiger partial charge is 0.338 e. The van der Waals surface area contributed by atoms with Crippen molar-refractivity contribution in [1.29, 1.82) is 0 Å². The van der Waals surface area contributed by atoms with Crippen LogP contribution in [0.3, 0.4) is 0 Å². The molecule has 1 aromatic rings. The summed E-state index contributed by atoms with van der Waals surface area (Å²) in [4.78, 5) is 13.2. The lowest BCUT2D eigenvalue weighted by Gasteiger charge is -2.28. The zero-order chi connectivity index (χ0) is 30.0. The number of ether oxygens (including phenoxy) is 1. The number of aromatic hydroxyl groups is 1. The lowest BCUT2D eigenvalue weighted by molar-refractivity contribution is 0.0496. The van der Waals surface area contributed by atoms with Crippen LogP contribution < -0.4 is 0 Å². The first-order valence-corrected chi connectivity index (χ1v) is 16.9. The molecule has 40 heavy (non-hydrogen) atoms. The van der Waals surface area contributed by atoms with Crippen molar-refractivity contribution in [2.24, 2.45) is 11.3 Å². The predicted octanol–water partition coefficient (Wildman–Crippen LogP) is 11.7. The molecule has 1 N–H and O–H groups in total. The molecular formula is C37H66O3. The van der Waals surface area contributed by atoms with Crippen molar-refractivity contribution >= 4 is 5.97 Å². The molecule has 0 saturated carbocycles. The van der Waals surface area contributed by atoms with Crippen LogP contribution in [-0.4, -0.2) is 17.7 Å². The van der Waals surface area contributed by atoms with Crippen molar-refractivity contribution < 1.29 is 14.6 Å². The van der Waals surface area contributed by atoms with Crippen molar-refractivity contribution in [2.45, 2.75) is 176 Å². The van der Waals surface area contributed by atoms with Gasteiger partial charge in [0.25, 0.3) is 0 Å². The van der Waals surface area contributed by atoms with Gasteiger partial charge in [-0.25, -0.2) is 4.79 Å². The van der Waals surface area contributed by atoms with E-state index in [1.54, 1.807) is 6.07 Å². The highest BCUT2D eigenvalue weighted by Gasteiger charge is 2.25. The van der Waals surface area contributed by atoms with Crippen molar-refractivity contribution in [3.05, 3.63) is 28.8 Å². The Kier molecular flexibility index (Phi) is 17.9. The summed E-state index contributed by atoms with van der Waals surface area (Å²) in [5.74, 6) is 0.538. The van der Waals surface area contributed by atoms with Crippen molar-refractivity contribution in [1.82, 2.24) is 0 Å². The number of carbonyl (C=O) groups is 1. The third kappa shape index (κ3) is 15.5. The van der Waals surface area contributed by atoms with Crippen LogP contribution in [0, 0.1) is 11.3 Å². The second-order valence-corrected chi connectivity index (χ2v) is 14.5. The van der Waals surface area contributed by atoms with E-state index in [0.717, 1.165) is 36.8 Å². The number of esters is 1. The molecule has 1 atom stereocenters. The Morgan fingerprint density at radius 3 is 1.62 bits per heavy atom. The number of aryl methyl sites for hydroxylation is 1.